The van der Waals surface area contributed by atoms with Gasteiger partial charge in [0.2, 0.25) is 0 Å². The van der Waals surface area contributed by atoms with Gasteiger partial charge in [-0.15, -0.1) is 0 Å². The van der Waals surface area contributed by atoms with Crippen molar-refractivity contribution in [2.24, 2.45) is 0 Å². The first-order valence-electron chi connectivity index (χ1n) is 20.1. The SMILES string of the molecule is CCc1ccc(-c2c(C)ccc3c2C=C(c2cc(C)c(C)o2)[CH]3[Zr]([Cl])([Cl])([CH]2C(c3cc(C)c(C)o3)=Cc3c2ccc(C)c3-c2ccc(CC)cc2)=[Si](C)C)cc1. The molecule has 2 aliphatic rings. The summed E-state index contributed by atoms with van der Waals surface area (Å²) >= 11 is -5.39. The predicted molar refractivity (Wildman–Crippen MR) is 239 cm³/mol. The monoisotopic (exact) mass is 872 g/mol. The number of aryl methyl sites for hydroxylation is 8. The predicted octanol–water partition coefficient (Wildman–Crippen LogP) is 15.3. The van der Waals surface area contributed by atoms with E-state index in [-0.39, 0.29) is 7.25 Å². The van der Waals surface area contributed by atoms with E-state index in [1.807, 2.05) is 0 Å². The molecule has 286 valence electrons. The minimum atomic E-state index is -5.39. The number of furan rings is 2. The fourth-order valence-corrected chi connectivity index (χ4v) is 37.1. The summed E-state index contributed by atoms with van der Waals surface area (Å²) in [4.78, 5) is 0. The second-order valence-corrected chi connectivity index (χ2v) is 55.3. The van der Waals surface area contributed by atoms with Crippen molar-refractivity contribution < 1.29 is 23.8 Å². The van der Waals surface area contributed by atoms with Crippen molar-refractivity contribution in [3.05, 3.63) is 164 Å². The number of halogens is 2. The third kappa shape index (κ3) is 6.12. The van der Waals surface area contributed by atoms with E-state index in [2.05, 4.69) is 166 Å². The average molecular weight is 875 g/mol. The van der Waals surface area contributed by atoms with Crippen LogP contribution in [-0.4, -0.2) is 5.43 Å². The maximum absolute atomic E-state index is 8.99. The van der Waals surface area contributed by atoms with Crippen molar-refractivity contribution in [3.63, 3.8) is 0 Å². The summed E-state index contributed by atoms with van der Waals surface area (Å²) < 4.78 is 12.9. The summed E-state index contributed by atoms with van der Waals surface area (Å²) in [6.07, 6.45) is 6.77. The van der Waals surface area contributed by atoms with Crippen LogP contribution in [0, 0.1) is 41.5 Å². The van der Waals surface area contributed by atoms with E-state index in [1.165, 1.54) is 66.8 Å². The van der Waals surface area contributed by atoms with E-state index in [0.29, 0.717) is 0 Å². The number of benzene rings is 4. The molecule has 0 spiro atoms. The number of allylic oxidation sites excluding steroid dienone is 2. The molecule has 6 aromatic rings. The van der Waals surface area contributed by atoms with Gasteiger partial charge in [0.25, 0.3) is 0 Å². The van der Waals surface area contributed by atoms with E-state index in [9.17, 15) is 0 Å². The fraction of sp³-hybridized carbons (Fsp3) is 0.280. The van der Waals surface area contributed by atoms with Gasteiger partial charge in [-0.25, -0.2) is 0 Å². The molecular weight excluding hydrogens is 823 g/mol. The Labute approximate surface area is 341 Å². The second-order valence-electron chi connectivity index (χ2n) is 16.5. The molecule has 0 saturated heterocycles. The molecule has 2 heterocycles. The molecule has 0 aliphatic heterocycles. The van der Waals surface area contributed by atoms with Crippen LogP contribution in [0.25, 0.3) is 45.6 Å². The Morgan fingerprint density at radius 2 is 0.911 bits per heavy atom. The van der Waals surface area contributed by atoms with Crippen LogP contribution in [0.2, 0.25) is 13.1 Å². The first-order chi connectivity index (χ1) is 26.6. The molecule has 56 heavy (non-hydrogen) atoms. The van der Waals surface area contributed by atoms with E-state index in [1.54, 1.807) is 0 Å². The van der Waals surface area contributed by atoms with Crippen LogP contribution in [0.15, 0.2) is 93.8 Å². The number of fused-ring (bicyclic) bond motifs is 2. The molecule has 0 saturated carbocycles. The maximum atomic E-state index is 8.99. The van der Waals surface area contributed by atoms with E-state index in [0.717, 1.165) is 58.2 Å². The molecule has 2 atom stereocenters. The number of hydrogen-bond donors (Lipinski definition) is 0. The first-order valence-corrected chi connectivity index (χ1v) is 35.4. The van der Waals surface area contributed by atoms with Gasteiger partial charge in [0.15, 0.2) is 0 Å². The standard InChI is InChI=1S/2C24H23O.C2H6Si.2ClH.Zr/c2*1-5-18-7-10-19(11-8-18)24-15(2)6-9-20-13-21(14-22(20)24)23-12-16(3)17(4)25-23;1-3-2;;;/h2*6-14H,5H2,1-4H3;1-2H3;2*1H;/q;;;;;+2/p-2. The second kappa shape index (κ2) is 14.5. The van der Waals surface area contributed by atoms with Crippen molar-refractivity contribution in [1.82, 2.24) is 0 Å². The summed E-state index contributed by atoms with van der Waals surface area (Å²) in [5, 5.41) is 0. The molecule has 0 N–H and O–H groups in total. The minimum absolute atomic E-state index is 0.219. The zero-order valence-electron chi connectivity index (χ0n) is 34.4. The Morgan fingerprint density at radius 3 is 1.21 bits per heavy atom. The third-order valence-electron chi connectivity index (χ3n) is 13.0. The average Bonchev–Trinajstić information content (AvgIpc) is 3.95. The van der Waals surface area contributed by atoms with Crippen molar-refractivity contribution in [2.45, 2.75) is 88.6 Å². The van der Waals surface area contributed by atoms with Crippen molar-refractivity contribution in [2.75, 3.05) is 0 Å². The van der Waals surface area contributed by atoms with Crippen LogP contribution in [0.4, 0.5) is 0 Å². The van der Waals surface area contributed by atoms with Crippen molar-refractivity contribution in [1.29, 1.82) is 0 Å². The molecule has 2 unspecified atom stereocenters. The molecular formula is C50H52Cl2O2SiZr. The Morgan fingerprint density at radius 1 is 0.536 bits per heavy atom. The van der Waals surface area contributed by atoms with E-state index >= 15 is 0 Å². The molecule has 4 aromatic carbocycles. The van der Waals surface area contributed by atoms with Gasteiger partial charge >= 0.3 is 344 Å². The summed E-state index contributed by atoms with van der Waals surface area (Å²) in [5.41, 5.74) is 17.9. The van der Waals surface area contributed by atoms with Crippen molar-refractivity contribution in [3.8, 4) is 22.3 Å². The summed E-state index contributed by atoms with van der Waals surface area (Å²) in [6.45, 7) is 22.0. The van der Waals surface area contributed by atoms with Crippen molar-refractivity contribution >= 4 is 45.8 Å². The Hall–Kier alpha value is -3.40. The van der Waals surface area contributed by atoms with Gasteiger partial charge in [0, 0.05) is 0 Å². The molecule has 0 amide bonds. The zero-order valence-corrected chi connectivity index (χ0v) is 39.3. The Balaban J connectivity index is 1.45. The molecule has 2 nitrogen and oxygen atoms in total. The quantitative estimate of drug-likeness (QED) is 0.142. The zero-order chi connectivity index (χ0) is 39.9. The van der Waals surface area contributed by atoms with Crippen LogP contribution in [-0.2, 0) is 27.9 Å². The van der Waals surface area contributed by atoms with Crippen LogP contribution in [0.5, 0.6) is 0 Å². The normalized spacial score (nSPS) is 16.5. The number of rotatable bonds is 8. The van der Waals surface area contributed by atoms with Gasteiger partial charge in [-0.2, -0.15) is 0 Å². The molecule has 2 aliphatic carbocycles. The topological polar surface area (TPSA) is 26.3 Å². The first kappa shape index (κ1) is 39.4. The Bertz CT molecular complexity index is 2480. The van der Waals surface area contributed by atoms with Crippen LogP contribution in [0.3, 0.4) is 0 Å². The van der Waals surface area contributed by atoms with E-state index in [4.69, 9.17) is 25.9 Å². The summed E-state index contributed by atoms with van der Waals surface area (Å²) in [7, 11) is 18.0. The van der Waals surface area contributed by atoms with Gasteiger partial charge in [0.05, 0.1) is 0 Å². The van der Waals surface area contributed by atoms with Crippen LogP contribution in [0.1, 0.15) is 99.8 Å². The van der Waals surface area contributed by atoms with Crippen LogP contribution >= 0.6 is 17.0 Å². The molecule has 6 heteroatoms. The van der Waals surface area contributed by atoms with Gasteiger partial charge in [0.1, 0.15) is 0 Å². The molecule has 0 bridgehead atoms. The van der Waals surface area contributed by atoms with Gasteiger partial charge in [-0.05, 0) is 0 Å². The number of hydrogen-bond acceptors (Lipinski definition) is 2. The third-order valence-corrected chi connectivity index (χ3v) is 59.3. The molecule has 0 radical (unpaired) electrons. The molecule has 0 fully saturated rings. The van der Waals surface area contributed by atoms with Gasteiger partial charge < -0.3 is 0 Å². The van der Waals surface area contributed by atoms with E-state index < -0.39 is 20.4 Å². The summed E-state index contributed by atoms with van der Waals surface area (Å²) in [6, 6.07) is 31.7. The van der Waals surface area contributed by atoms with Crippen LogP contribution < -0.4 is 0 Å². The molecule has 2 aromatic heterocycles. The summed E-state index contributed by atoms with van der Waals surface area (Å²) in [5.74, 6) is 3.57. The fourth-order valence-electron chi connectivity index (χ4n) is 9.44. The van der Waals surface area contributed by atoms with Gasteiger partial charge in [-0.1, -0.05) is 0 Å². The van der Waals surface area contributed by atoms with Gasteiger partial charge in [-0.3, -0.25) is 0 Å². The Kier molecular flexibility index (Phi) is 10.2. The molecule has 8 rings (SSSR count).